The molecule has 7 heteroatoms. The van der Waals surface area contributed by atoms with Gasteiger partial charge in [0, 0.05) is 25.8 Å². The summed E-state index contributed by atoms with van der Waals surface area (Å²) in [6.07, 6.45) is -0.481. The highest BCUT2D eigenvalue weighted by Crippen LogP contribution is 2.33. The molecule has 0 aliphatic carbocycles. The standard InChI is InChI=1S/C22H23N5O2/c1-15-7-6-8-16(13-15)14-27-20(28)18-19(24(2)22(27)29)23-21-25(11-12-26(18)21)17-9-4-3-5-10-17/h3-10,13,18-19H,11-12,14H2,1-2H3. The Labute approximate surface area is 169 Å². The van der Waals surface area contributed by atoms with Crippen LogP contribution in [0.1, 0.15) is 11.1 Å². The number of aryl methyl sites for hydroxylation is 1. The first-order valence-electron chi connectivity index (χ1n) is 9.85. The molecule has 0 spiro atoms. The van der Waals surface area contributed by atoms with Crippen molar-refractivity contribution in [1.29, 1.82) is 0 Å². The third-order valence-corrected chi connectivity index (χ3v) is 5.87. The number of carbonyl (C=O) groups excluding carboxylic acids is 2. The summed E-state index contributed by atoms with van der Waals surface area (Å²) in [5.41, 5.74) is 3.10. The second-order valence-electron chi connectivity index (χ2n) is 7.78. The van der Waals surface area contributed by atoms with E-state index in [1.54, 1.807) is 11.9 Å². The summed E-state index contributed by atoms with van der Waals surface area (Å²) in [4.78, 5) is 38.3. The van der Waals surface area contributed by atoms with Crippen LogP contribution in [0, 0.1) is 6.92 Å². The summed E-state index contributed by atoms with van der Waals surface area (Å²) in [5.74, 6) is 0.602. The molecule has 0 radical (unpaired) electrons. The van der Waals surface area contributed by atoms with E-state index in [4.69, 9.17) is 4.99 Å². The summed E-state index contributed by atoms with van der Waals surface area (Å²) < 4.78 is 0. The minimum absolute atomic E-state index is 0.173. The summed E-state index contributed by atoms with van der Waals surface area (Å²) in [6.45, 7) is 3.76. The lowest BCUT2D eigenvalue weighted by Crippen LogP contribution is -2.64. The first-order valence-corrected chi connectivity index (χ1v) is 9.85. The number of fused-ring (bicyclic) bond motifs is 3. The molecule has 0 saturated carbocycles. The van der Waals surface area contributed by atoms with Gasteiger partial charge in [-0.05, 0) is 24.6 Å². The van der Waals surface area contributed by atoms with Gasteiger partial charge in [-0.25, -0.2) is 9.79 Å². The lowest BCUT2D eigenvalue weighted by molar-refractivity contribution is -0.137. The largest absolute Gasteiger partial charge is 0.328 e. The van der Waals surface area contributed by atoms with E-state index in [0.29, 0.717) is 6.54 Å². The zero-order chi connectivity index (χ0) is 20.1. The van der Waals surface area contributed by atoms with Crippen LogP contribution in [0.15, 0.2) is 59.6 Å². The molecule has 0 N–H and O–H groups in total. The predicted molar refractivity (Wildman–Crippen MR) is 110 cm³/mol. The van der Waals surface area contributed by atoms with Crippen molar-refractivity contribution in [2.45, 2.75) is 25.7 Å². The van der Waals surface area contributed by atoms with Gasteiger partial charge in [-0.2, -0.15) is 0 Å². The third-order valence-electron chi connectivity index (χ3n) is 5.87. The van der Waals surface area contributed by atoms with Crippen LogP contribution in [-0.2, 0) is 11.3 Å². The van der Waals surface area contributed by atoms with Gasteiger partial charge >= 0.3 is 6.03 Å². The molecule has 3 aliphatic heterocycles. The number of hydrogen-bond acceptors (Lipinski definition) is 5. The highest BCUT2D eigenvalue weighted by molar-refractivity contribution is 6.07. The normalized spacial score (nSPS) is 23.4. The Morgan fingerprint density at radius 3 is 2.59 bits per heavy atom. The number of likely N-dealkylation sites (N-methyl/N-ethyl adjacent to an activating group) is 1. The van der Waals surface area contributed by atoms with Gasteiger partial charge in [0.25, 0.3) is 5.91 Å². The van der Waals surface area contributed by atoms with Crippen LogP contribution in [0.2, 0.25) is 0 Å². The quantitative estimate of drug-likeness (QED) is 0.808. The number of para-hydroxylation sites is 1. The fourth-order valence-corrected chi connectivity index (χ4v) is 4.43. The van der Waals surface area contributed by atoms with Crippen molar-refractivity contribution in [1.82, 2.24) is 14.7 Å². The van der Waals surface area contributed by atoms with E-state index in [-0.39, 0.29) is 18.5 Å². The molecule has 0 bridgehead atoms. The Bertz CT molecular complexity index is 1010. The van der Waals surface area contributed by atoms with Crippen molar-refractivity contribution in [3.8, 4) is 0 Å². The molecule has 0 aromatic heterocycles. The van der Waals surface area contributed by atoms with Crippen molar-refractivity contribution in [2.24, 2.45) is 4.99 Å². The molecule has 2 atom stereocenters. The van der Waals surface area contributed by atoms with Gasteiger partial charge in [-0.15, -0.1) is 0 Å². The van der Waals surface area contributed by atoms with Crippen LogP contribution in [0.5, 0.6) is 0 Å². The van der Waals surface area contributed by atoms with Gasteiger partial charge in [0.1, 0.15) is 0 Å². The molecule has 2 unspecified atom stereocenters. The van der Waals surface area contributed by atoms with Crippen LogP contribution < -0.4 is 4.90 Å². The average Bonchev–Trinajstić information content (AvgIpc) is 3.30. The van der Waals surface area contributed by atoms with Gasteiger partial charge in [-0.3, -0.25) is 9.69 Å². The Morgan fingerprint density at radius 1 is 1.03 bits per heavy atom. The van der Waals surface area contributed by atoms with Crippen molar-refractivity contribution in [2.75, 3.05) is 25.0 Å². The van der Waals surface area contributed by atoms with Crippen molar-refractivity contribution >= 4 is 23.6 Å². The monoisotopic (exact) mass is 389 g/mol. The summed E-state index contributed by atoms with van der Waals surface area (Å²) in [5, 5.41) is 0. The molecular weight excluding hydrogens is 366 g/mol. The van der Waals surface area contributed by atoms with E-state index in [1.165, 1.54) is 4.90 Å². The van der Waals surface area contributed by atoms with Crippen LogP contribution in [0.25, 0.3) is 0 Å². The number of carbonyl (C=O) groups is 2. The summed E-state index contributed by atoms with van der Waals surface area (Å²) in [7, 11) is 1.73. The molecule has 3 aliphatic rings. The maximum atomic E-state index is 13.4. The van der Waals surface area contributed by atoms with Crippen molar-refractivity contribution < 1.29 is 9.59 Å². The zero-order valence-electron chi connectivity index (χ0n) is 16.5. The maximum absolute atomic E-state index is 13.4. The van der Waals surface area contributed by atoms with E-state index in [9.17, 15) is 9.59 Å². The van der Waals surface area contributed by atoms with E-state index >= 15 is 0 Å². The number of nitrogens with zero attached hydrogens (tertiary/aromatic N) is 5. The van der Waals surface area contributed by atoms with E-state index < -0.39 is 12.2 Å². The molecule has 29 heavy (non-hydrogen) atoms. The van der Waals surface area contributed by atoms with E-state index in [1.807, 2.05) is 66.4 Å². The van der Waals surface area contributed by atoms with Gasteiger partial charge in [0.15, 0.2) is 12.2 Å². The number of guanidine groups is 1. The molecule has 2 aromatic rings. The fourth-order valence-electron chi connectivity index (χ4n) is 4.43. The minimum Gasteiger partial charge on any atom is -0.325 e. The number of imide groups is 1. The van der Waals surface area contributed by atoms with Crippen molar-refractivity contribution in [3.63, 3.8) is 0 Å². The fraction of sp³-hybridized carbons (Fsp3) is 0.318. The Balaban J connectivity index is 1.44. The number of aliphatic imine (C=N–C) groups is 1. The summed E-state index contributed by atoms with van der Waals surface area (Å²) >= 11 is 0. The first kappa shape index (κ1) is 17.7. The number of anilines is 1. The van der Waals surface area contributed by atoms with Crippen LogP contribution in [0.4, 0.5) is 10.5 Å². The molecule has 3 amide bonds. The Morgan fingerprint density at radius 2 is 1.83 bits per heavy atom. The second-order valence-corrected chi connectivity index (χ2v) is 7.78. The number of amides is 3. The van der Waals surface area contributed by atoms with Crippen LogP contribution in [-0.4, -0.2) is 64.9 Å². The minimum atomic E-state index is -0.481. The highest BCUT2D eigenvalue weighted by atomic mass is 16.2. The molecule has 2 saturated heterocycles. The molecule has 2 fully saturated rings. The van der Waals surface area contributed by atoms with Gasteiger partial charge in [-0.1, -0.05) is 48.0 Å². The maximum Gasteiger partial charge on any atom is 0.328 e. The number of benzene rings is 2. The Kier molecular flexibility index (Phi) is 4.04. The molecule has 148 valence electrons. The lowest BCUT2D eigenvalue weighted by atomic mass is 10.1. The molecule has 5 rings (SSSR count). The van der Waals surface area contributed by atoms with Crippen molar-refractivity contribution in [3.05, 3.63) is 65.7 Å². The zero-order valence-corrected chi connectivity index (χ0v) is 16.5. The van der Waals surface area contributed by atoms with Crippen LogP contribution in [0.3, 0.4) is 0 Å². The average molecular weight is 389 g/mol. The Hall–Kier alpha value is -3.35. The molecule has 7 nitrogen and oxygen atoms in total. The van der Waals surface area contributed by atoms with E-state index in [2.05, 4.69) is 4.90 Å². The number of hydrogen-bond donors (Lipinski definition) is 0. The van der Waals surface area contributed by atoms with Gasteiger partial charge in [0.05, 0.1) is 6.54 Å². The predicted octanol–water partition coefficient (Wildman–Crippen LogP) is 2.28. The smallest absolute Gasteiger partial charge is 0.325 e. The topological polar surface area (TPSA) is 59.5 Å². The van der Waals surface area contributed by atoms with Gasteiger partial charge in [0.2, 0.25) is 5.96 Å². The number of rotatable bonds is 3. The second kappa shape index (κ2) is 6.62. The molecule has 3 heterocycles. The van der Waals surface area contributed by atoms with E-state index in [0.717, 1.165) is 29.3 Å². The molecule has 2 aromatic carbocycles. The van der Waals surface area contributed by atoms with Gasteiger partial charge < -0.3 is 14.7 Å². The van der Waals surface area contributed by atoms with Crippen LogP contribution >= 0.6 is 0 Å². The SMILES string of the molecule is Cc1cccc(CN2C(=O)C3C(N=C4N(c5ccccc5)CCN43)N(C)C2=O)c1. The lowest BCUT2D eigenvalue weighted by Gasteiger charge is -2.40. The first-order chi connectivity index (χ1) is 14.0. The summed E-state index contributed by atoms with van der Waals surface area (Å²) in [6, 6.07) is 17.2. The number of urea groups is 1. The highest BCUT2D eigenvalue weighted by Gasteiger charge is 2.54. The third kappa shape index (κ3) is 2.76. The molecular formula is C22H23N5O2.